The first kappa shape index (κ1) is 18.1. The molecule has 3 aromatic rings. The van der Waals surface area contributed by atoms with Gasteiger partial charge in [0, 0.05) is 16.9 Å². The third kappa shape index (κ3) is 3.46. The van der Waals surface area contributed by atoms with Crippen molar-refractivity contribution in [1.29, 1.82) is 5.41 Å². The lowest BCUT2D eigenvalue weighted by atomic mass is 10.1. The smallest absolute Gasteiger partial charge is 0.229 e. The van der Waals surface area contributed by atoms with Gasteiger partial charge in [-0.2, -0.15) is 0 Å². The number of fused-ring (bicyclic) bond motifs is 1. The Morgan fingerprint density at radius 1 is 1.14 bits per heavy atom. The number of nitrogens with zero attached hydrogens (tertiary/aromatic N) is 1. The molecule has 0 radical (unpaired) electrons. The minimum Gasteiger partial charge on any atom is -0.359 e. The molecule has 0 aliphatic carbocycles. The Balaban J connectivity index is 1.44. The van der Waals surface area contributed by atoms with Crippen LogP contribution in [0.4, 0.5) is 25.2 Å². The second-order valence-electron chi connectivity index (χ2n) is 6.25. The number of nitrogens with one attached hydrogen (secondary N) is 3. The van der Waals surface area contributed by atoms with Crippen molar-refractivity contribution in [3.63, 3.8) is 0 Å². The van der Waals surface area contributed by atoms with Crippen LogP contribution in [-0.2, 0) is 11.2 Å². The fraction of sp³-hybridized carbons (Fsp3) is 0.100. The predicted molar refractivity (Wildman–Crippen MR) is 107 cm³/mol. The highest BCUT2D eigenvalue weighted by molar-refractivity contribution is 7.14. The van der Waals surface area contributed by atoms with Crippen LogP contribution < -0.4 is 15.5 Å². The molecule has 1 aliphatic rings. The Bertz CT molecular complexity index is 1030. The standard InChI is InChI=1S/C20H16F2N4OS/c21-16-2-1-3-17(22)15(16)10-18(27)25-12-4-6-13(7-5-12)26-11-24-20-14(19(26)23)8-9-28-20/h1-9,23-24H,10-11H2,(H,25,27). The van der Waals surface area contributed by atoms with E-state index in [0.29, 0.717) is 18.2 Å². The van der Waals surface area contributed by atoms with Gasteiger partial charge in [-0.3, -0.25) is 10.2 Å². The number of rotatable bonds is 4. The fourth-order valence-corrected chi connectivity index (χ4v) is 3.80. The van der Waals surface area contributed by atoms with Crippen molar-refractivity contribution in [2.45, 2.75) is 6.42 Å². The van der Waals surface area contributed by atoms with E-state index in [1.165, 1.54) is 6.07 Å². The lowest BCUT2D eigenvalue weighted by Gasteiger charge is -2.30. The number of carbonyl (C=O) groups is 1. The first-order valence-corrected chi connectivity index (χ1v) is 9.41. The topological polar surface area (TPSA) is 68.2 Å². The van der Waals surface area contributed by atoms with Crippen LogP contribution in [-0.4, -0.2) is 18.4 Å². The highest BCUT2D eigenvalue weighted by Gasteiger charge is 2.23. The number of hydrogen-bond donors (Lipinski definition) is 3. The summed E-state index contributed by atoms with van der Waals surface area (Å²) in [5, 5.41) is 17.2. The summed E-state index contributed by atoms with van der Waals surface area (Å²) in [7, 11) is 0. The Kier molecular flexibility index (Phi) is 4.79. The zero-order valence-corrected chi connectivity index (χ0v) is 15.4. The Morgan fingerprint density at radius 3 is 2.57 bits per heavy atom. The van der Waals surface area contributed by atoms with Crippen molar-refractivity contribution >= 4 is 39.5 Å². The van der Waals surface area contributed by atoms with Crippen molar-refractivity contribution in [1.82, 2.24) is 0 Å². The highest BCUT2D eigenvalue weighted by Crippen LogP contribution is 2.30. The van der Waals surface area contributed by atoms with Gasteiger partial charge in [0.2, 0.25) is 5.91 Å². The van der Waals surface area contributed by atoms with E-state index in [-0.39, 0.29) is 12.0 Å². The molecule has 0 saturated carbocycles. The minimum absolute atomic E-state index is 0.254. The minimum atomic E-state index is -0.741. The molecule has 8 heteroatoms. The van der Waals surface area contributed by atoms with Gasteiger partial charge in [-0.1, -0.05) is 6.07 Å². The Labute approximate surface area is 164 Å². The molecule has 5 nitrogen and oxygen atoms in total. The van der Waals surface area contributed by atoms with E-state index in [9.17, 15) is 13.6 Å². The maximum Gasteiger partial charge on any atom is 0.229 e. The van der Waals surface area contributed by atoms with Gasteiger partial charge >= 0.3 is 0 Å². The molecule has 0 atom stereocenters. The molecule has 1 aromatic heterocycles. The van der Waals surface area contributed by atoms with Crippen molar-refractivity contribution in [2.75, 3.05) is 22.2 Å². The van der Waals surface area contributed by atoms with E-state index < -0.39 is 17.5 Å². The van der Waals surface area contributed by atoms with Crippen LogP contribution in [0.3, 0.4) is 0 Å². The molecule has 0 saturated heterocycles. The third-order valence-electron chi connectivity index (χ3n) is 4.45. The van der Waals surface area contributed by atoms with Crippen molar-refractivity contribution < 1.29 is 13.6 Å². The first-order chi connectivity index (χ1) is 13.5. The molecule has 0 bridgehead atoms. The van der Waals surface area contributed by atoms with Crippen LogP contribution in [0.25, 0.3) is 0 Å². The zero-order chi connectivity index (χ0) is 19.7. The fourth-order valence-electron chi connectivity index (χ4n) is 3.02. The first-order valence-electron chi connectivity index (χ1n) is 8.53. The van der Waals surface area contributed by atoms with Gasteiger partial charge in [-0.05, 0) is 47.8 Å². The maximum absolute atomic E-state index is 13.7. The van der Waals surface area contributed by atoms with Gasteiger partial charge in [0.15, 0.2) is 0 Å². The van der Waals surface area contributed by atoms with Gasteiger partial charge < -0.3 is 15.5 Å². The second kappa shape index (κ2) is 7.40. The van der Waals surface area contributed by atoms with Crippen molar-refractivity contribution in [3.05, 3.63) is 76.7 Å². The maximum atomic E-state index is 13.7. The van der Waals surface area contributed by atoms with Crippen LogP contribution in [0.1, 0.15) is 11.1 Å². The van der Waals surface area contributed by atoms with E-state index in [1.807, 2.05) is 16.3 Å². The van der Waals surface area contributed by atoms with E-state index in [0.717, 1.165) is 28.4 Å². The lowest BCUT2D eigenvalue weighted by Crippen LogP contribution is -2.39. The molecule has 142 valence electrons. The average molecular weight is 398 g/mol. The molecular formula is C20H16F2N4OS. The number of hydrogen-bond acceptors (Lipinski definition) is 4. The summed E-state index contributed by atoms with van der Waals surface area (Å²) in [6.07, 6.45) is -0.387. The van der Waals surface area contributed by atoms with E-state index >= 15 is 0 Å². The van der Waals surface area contributed by atoms with Crippen LogP contribution >= 0.6 is 11.3 Å². The summed E-state index contributed by atoms with van der Waals surface area (Å²) in [6.45, 7) is 0.477. The summed E-state index contributed by atoms with van der Waals surface area (Å²) >= 11 is 1.56. The molecule has 0 spiro atoms. The van der Waals surface area contributed by atoms with Gasteiger partial charge in [-0.25, -0.2) is 8.78 Å². The van der Waals surface area contributed by atoms with Crippen molar-refractivity contribution in [2.24, 2.45) is 0 Å². The van der Waals surface area contributed by atoms with Gasteiger partial charge in [-0.15, -0.1) is 11.3 Å². The molecule has 2 heterocycles. The van der Waals surface area contributed by atoms with E-state index in [4.69, 9.17) is 5.41 Å². The molecule has 0 unspecified atom stereocenters. The molecule has 1 aliphatic heterocycles. The SMILES string of the molecule is N=C1c2ccsc2NCN1c1ccc(NC(=O)Cc2c(F)cccc2F)cc1. The summed E-state index contributed by atoms with van der Waals surface area (Å²) in [6, 6.07) is 12.4. The van der Waals surface area contributed by atoms with Gasteiger partial charge in [0.05, 0.1) is 18.7 Å². The van der Waals surface area contributed by atoms with E-state index in [1.54, 1.807) is 35.6 Å². The molecule has 1 amide bonds. The van der Waals surface area contributed by atoms with Gasteiger partial charge in [0.25, 0.3) is 0 Å². The average Bonchev–Trinajstić information content (AvgIpc) is 3.16. The summed E-state index contributed by atoms with van der Waals surface area (Å²) < 4.78 is 27.4. The zero-order valence-electron chi connectivity index (χ0n) is 14.6. The monoisotopic (exact) mass is 398 g/mol. The molecule has 0 fully saturated rings. The van der Waals surface area contributed by atoms with Crippen LogP contribution in [0, 0.1) is 17.0 Å². The molecule has 4 rings (SSSR count). The molecule has 3 N–H and O–H groups in total. The van der Waals surface area contributed by atoms with E-state index in [2.05, 4.69) is 10.6 Å². The van der Waals surface area contributed by atoms with Crippen LogP contribution in [0.5, 0.6) is 0 Å². The molecule has 2 aromatic carbocycles. The summed E-state index contributed by atoms with van der Waals surface area (Å²) in [5.74, 6) is -1.59. The number of halogens is 2. The second-order valence-corrected chi connectivity index (χ2v) is 7.16. The van der Waals surface area contributed by atoms with Crippen LogP contribution in [0.15, 0.2) is 53.9 Å². The Morgan fingerprint density at radius 2 is 1.86 bits per heavy atom. The molecule has 28 heavy (non-hydrogen) atoms. The number of anilines is 3. The third-order valence-corrected chi connectivity index (χ3v) is 5.32. The number of amidine groups is 1. The number of thiophene rings is 1. The van der Waals surface area contributed by atoms with Gasteiger partial charge in [0.1, 0.15) is 22.5 Å². The quantitative estimate of drug-likeness (QED) is 0.609. The number of benzene rings is 2. The highest BCUT2D eigenvalue weighted by atomic mass is 32.1. The lowest BCUT2D eigenvalue weighted by molar-refractivity contribution is -0.115. The van der Waals surface area contributed by atoms with Crippen LogP contribution in [0.2, 0.25) is 0 Å². The largest absolute Gasteiger partial charge is 0.359 e. The predicted octanol–water partition coefficient (Wildman–Crippen LogP) is 4.42. The normalized spacial score (nSPS) is 13.1. The summed E-state index contributed by atoms with van der Waals surface area (Å²) in [5.41, 5.74) is 1.90. The molecular weight excluding hydrogens is 382 g/mol. The summed E-state index contributed by atoms with van der Waals surface area (Å²) in [4.78, 5) is 13.9. The number of amides is 1. The Hall–Kier alpha value is -3.26. The number of carbonyl (C=O) groups excluding carboxylic acids is 1. The van der Waals surface area contributed by atoms with Crippen molar-refractivity contribution in [3.8, 4) is 0 Å².